The second kappa shape index (κ2) is 6.01. The van der Waals surface area contributed by atoms with Crippen molar-refractivity contribution in [2.24, 2.45) is 5.92 Å². The van der Waals surface area contributed by atoms with Crippen LogP contribution in [0.25, 0.3) is 0 Å². The Kier molecular flexibility index (Phi) is 4.37. The summed E-state index contributed by atoms with van der Waals surface area (Å²) >= 11 is 0. The fraction of sp³-hybridized carbons (Fsp3) is 0.533. The van der Waals surface area contributed by atoms with Gasteiger partial charge in [-0.2, -0.15) is 0 Å². The summed E-state index contributed by atoms with van der Waals surface area (Å²) in [6.45, 7) is 3.52. The highest BCUT2D eigenvalue weighted by atomic mass is 16.5. The molecule has 0 N–H and O–H groups in total. The minimum Gasteiger partial charge on any atom is -0.469 e. The second-order valence-electron chi connectivity index (χ2n) is 4.86. The minimum absolute atomic E-state index is 0.132. The lowest BCUT2D eigenvalue weighted by Crippen LogP contribution is -2.28. The average Bonchev–Trinajstić information content (AvgIpc) is 2.40. The van der Waals surface area contributed by atoms with Crippen LogP contribution >= 0.6 is 0 Å². The number of carbonyl (C=O) groups is 1. The molecule has 2 rings (SSSR count). The van der Waals surface area contributed by atoms with E-state index in [0.29, 0.717) is 5.92 Å². The predicted octanol–water partition coefficient (Wildman–Crippen LogP) is 2.68. The average molecular weight is 248 g/mol. The summed E-state index contributed by atoms with van der Waals surface area (Å²) in [6, 6.07) is 8.14. The van der Waals surface area contributed by atoms with E-state index < -0.39 is 0 Å². The summed E-state index contributed by atoms with van der Waals surface area (Å²) in [6.07, 6.45) is 1.85. The first kappa shape index (κ1) is 13.1. The number of methoxy groups -OCH3 is 1. The molecule has 1 heterocycles. The van der Waals surface area contributed by atoms with E-state index in [1.165, 1.54) is 12.7 Å². The summed E-state index contributed by atoms with van der Waals surface area (Å²) in [7, 11) is 1.46. The Morgan fingerprint density at radius 3 is 2.72 bits per heavy atom. The number of carbonyl (C=O) groups excluding carboxylic acids is 1. The number of hydrogen-bond acceptors (Lipinski definition) is 3. The molecule has 0 aromatic heterocycles. The van der Waals surface area contributed by atoms with Crippen molar-refractivity contribution in [2.75, 3.05) is 20.3 Å². The van der Waals surface area contributed by atoms with E-state index in [2.05, 4.69) is 6.07 Å². The van der Waals surface area contributed by atoms with Gasteiger partial charge in [-0.3, -0.25) is 4.79 Å². The highest BCUT2D eigenvalue weighted by Crippen LogP contribution is 2.33. The lowest BCUT2D eigenvalue weighted by atomic mass is 9.81. The molecule has 3 nitrogen and oxygen atoms in total. The van der Waals surface area contributed by atoms with Gasteiger partial charge in [0.05, 0.1) is 13.0 Å². The normalized spacial score (nSPS) is 18.3. The highest BCUT2D eigenvalue weighted by molar-refractivity contribution is 5.78. The molecule has 0 bridgehead atoms. The van der Waals surface area contributed by atoms with Crippen LogP contribution in [0.4, 0.5) is 0 Å². The van der Waals surface area contributed by atoms with Crippen molar-refractivity contribution in [3.63, 3.8) is 0 Å². The molecule has 98 valence electrons. The summed E-state index contributed by atoms with van der Waals surface area (Å²) in [5, 5.41) is 0. The van der Waals surface area contributed by atoms with Crippen molar-refractivity contribution in [2.45, 2.75) is 25.7 Å². The van der Waals surface area contributed by atoms with E-state index in [1.54, 1.807) is 0 Å². The second-order valence-corrected chi connectivity index (χ2v) is 4.86. The topological polar surface area (TPSA) is 35.5 Å². The van der Waals surface area contributed by atoms with E-state index >= 15 is 0 Å². The van der Waals surface area contributed by atoms with Crippen LogP contribution in [0.1, 0.15) is 29.9 Å². The highest BCUT2D eigenvalue weighted by Gasteiger charge is 2.32. The van der Waals surface area contributed by atoms with Crippen LogP contribution in [0, 0.1) is 12.8 Å². The smallest absolute Gasteiger partial charge is 0.313 e. The van der Waals surface area contributed by atoms with Gasteiger partial charge in [-0.25, -0.2) is 0 Å². The van der Waals surface area contributed by atoms with Crippen LogP contribution in [0.3, 0.4) is 0 Å². The van der Waals surface area contributed by atoms with Crippen molar-refractivity contribution >= 4 is 5.97 Å². The molecule has 0 spiro atoms. The zero-order chi connectivity index (χ0) is 13.0. The molecule has 18 heavy (non-hydrogen) atoms. The van der Waals surface area contributed by atoms with Gasteiger partial charge in [0.1, 0.15) is 0 Å². The molecule has 1 unspecified atom stereocenters. The molecule has 1 aliphatic heterocycles. The largest absolute Gasteiger partial charge is 0.469 e. The van der Waals surface area contributed by atoms with Gasteiger partial charge in [-0.1, -0.05) is 29.8 Å². The van der Waals surface area contributed by atoms with Crippen LogP contribution in [-0.4, -0.2) is 26.3 Å². The number of rotatable bonds is 3. The molecule has 1 saturated heterocycles. The maximum Gasteiger partial charge on any atom is 0.313 e. The van der Waals surface area contributed by atoms with Gasteiger partial charge in [-0.05, 0) is 31.2 Å². The first-order valence-electron chi connectivity index (χ1n) is 6.44. The lowest BCUT2D eigenvalue weighted by Gasteiger charge is -2.29. The van der Waals surface area contributed by atoms with Gasteiger partial charge >= 0.3 is 5.97 Å². The molecule has 3 heteroatoms. The molecule has 1 aliphatic rings. The van der Waals surface area contributed by atoms with Crippen molar-refractivity contribution in [3.05, 3.63) is 35.4 Å². The predicted molar refractivity (Wildman–Crippen MR) is 69.5 cm³/mol. The van der Waals surface area contributed by atoms with E-state index in [-0.39, 0.29) is 11.9 Å². The maximum atomic E-state index is 12.1. The van der Waals surface area contributed by atoms with E-state index in [0.717, 1.165) is 31.6 Å². The van der Waals surface area contributed by atoms with Gasteiger partial charge in [0.15, 0.2) is 0 Å². The van der Waals surface area contributed by atoms with Crippen LogP contribution in [0.2, 0.25) is 0 Å². The molecule has 0 aliphatic carbocycles. The van der Waals surface area contributed by atoms with Crippen molar-refractivity contribution in [1.82, 2.24) is 0 Å². The van der Waals surface area contributed by atoms with Crippen LogP contribution < -0.4 is 0 Å². The zero-order valence-electron chi connectivity index (χ0n) is 11.0. The Balaban J connectivity index is 2.26. The molecule has 0 amide bonds. The molecular formula is C15H20O3. The Morgan fingerprint density at radius 1 is 1.39 bits per heavy atom. The summed E-state index contributed by atoms with van der Waals surface area (Å²) < 4.78 is 10.4. The van der Waals surface area contributed by atoms with Gasteiger partial charge < -0.3 is 9.47 Å². The molecule has 1 aromatic carbocycles. The molecule has 1 fully saturated rings. The maximum absolute atomic E-state index is 12.1. The third-order valence-corrected chi connectivity index (χ3v) is 3.59. The first-order chi connectivity index (χ1) is 8.72. The van der Waals surface area contributed by atoms with Crippen molar-refractivity contribution in [3.8, 4) is 0 Å². The van der Waals surface area contributed by atoms with E-state index in [9.17, 15) is 4.79 Å². The van der Waals surface area contributed by atoms with Crippen molar-refractivity contribution in [1.29, 1.82) is 0 Å². The number of aryl methyl sites for hydroxylation is 1. The Morgan fingerprint density at radius 2 is 2.11 bits per heavy atom. The van der Waals surface area contributed by atoms with Gasteiger partial charge in [0, 0.05) is 13.2 Å². The molecule has 0 saturated carbocycles. The molecule has 1 aromatic rings. The van der Waals surface area contributed by atoms with Gasteiger partial charge in [0.2, 0.25) is 0 Å². The van der Waals surface area contributed by atoms with Crippen LogP contribution in [0.15, 0.2) is 24.3 Å². The van der Waals surface area contributed by atoms with Gasteiger partial charge in [0.25, 0.3) is 0 Å². The van der Waals surface area contributed by atoms with E-state index in [1.807, 2.05) is 25.1 Å². The van der Waals surface area contributed by atoms with Crippen molar-refractivity contribution < 1.29 is 14.3 Å². The van der Waals surface area contributed by atoms with Crippen LogP contribution in [0.5, 0.6) is 0 Å². The number of benzene rings is 1. The first-order valence-corrected chi connectivity index (χ1v) is 6.44. The summed E-state index contributed by atoms with van der Waals surface area (Å²) in [5.74, 6) is 0.0410. The third kappa shape index (κ3) is 2.91. The Hall–Kier alpha value is -1.35. The molecule has 0 radical (unpaired) electrons. The Labute approximate surface area is 108 Å². The number of esters is 1. The molecule has 1 atom stereocenters. The SMILES string of the molecule is COC(=O)C(c1cccc(C)c1)C1CCOCC1. The monoisotopic (exact) mass is 248 g/mol. The summed E-state index contributed by atoms with van der Waals surface area (Å²) in [4.78, 5) is 12.1. The van der Waals surface area contributed by atoms with E-state index in [4.69, 9.17) is 9.47 Å². The zero-order valence-corrected chi connectivity index (χ0v) is 11.0. The Bertz CT molecular complexity index is 408. The third-order valence-electron chi connectivity index (χ3n) is 3.59. The van der Waals surface area contributed by atoms with Crippen LogP contribution in [-0.2, 0) is 14.3 Å². The van der Waals surface area contributed by atoms with Gasteiger partial charge in [-0.15, -0.1) is 0 Å². The quantitative estimate of drug-likeness (QED) is 0.771. The molecular weight excluding hydrogens is 228 g/mol. The standard InChI is InChI=1S/C15H20O3/c1-11-4-3-5-13(10-11)14(15(16)17-2)12-6-8-18-9-7-12/h3-5,10,12,14H,6-9H2,1-2H3. The summed E-state index contributed by atoms with van der Waals surface area (Å²) in [5.41, 5.74) is 2.24. The fourth-order valence-corrected chi connectivity index (χ4v) is 2.64. The minimum atomic E-state index is -0.154. The number of hydrogen-bond donors (Lipinski definition) is 0. The fourth-order valence-electron chi connectivity index (χ4n) is 2.64. The number of ether oxygens (including phenoxy) is 2. The lowest BCUT2D eigenvalue weighted by molar-refractivity contribution is -0.144.